The molecule has 2 aromatic rings. The van der Waals surface area contributed by atoms with Crippen molar-refractivity contribution in [3.05, 3.63) is 35.5 Å². The van der Waals surface area contributed by atoms with Crippen LogP contribution >= 0.6 is 0 Å². The molecule has 0 saturated heterocycles. The molecule has 0 saturated carbocycles. The van der Waals surface area contributed by atoms with Gasteiger partial charge in [0.2, 0.25) is 0 Å². The number of carbonyl (C=O) groups is 1. The number of ether oxygens (including phenoxy) is 1. The Morgan fingerprint density at radius 3 is 2.75 bits per heavy atom. The SMILES string of the molecule is CCC(C)n1cc(C=O)c(-c2ccc(OC)c(C)c2)n1. The molecular formula is C16H20N2O2. The van der Waals surface area contributed by atoms with Crippen molar-refractivity contribution in [3.63, 3.8) is 0 Å². The van der Waals surface area contributed by atoms with Crippen molar-refractivity contribution in [1.29, 1.82) is 0 Å². The fraction of sp³-hybridized carbons (Fsp3) is 0.375. The van der Waals surface area contributed by atoms with E-state index >= 15 is 0 Å². The maximum atomic E-state index is 11.3. The molecule has 1 atom stereocenters. The summed E-state index contributed by atoms with van der Waals surface area (Å²) in [7, 11) is 1.65. The summed E-state index contributed by atoms with van der Waals surface area (Å²) >= 11 is 0. The average Bonchev–Trinajstić information content (AvgIpc) is 2.90. The predicted molar refractivity (Wildman–Crippen MR) is 79.3 cm³/mol. The largest absolute Gasteiger partial charge is 0.496 e. The molecule has 0 radical (unpaired) electrons. The van der Waals surface area contributed by atoms with E-state index in [1.165, 1.54) is 0 Å². The number of aryl methyl sites for hydroxylation is 1. The van der Waals surface area contributed by atoms with Crippen LogP contribution in [0.3, 0.4) is 0 Å². The first-order chi connectivity index (χ1) is 9.60. The number of benzene rings is 1. The van der Waals surface area contributed by atoms with Gasteiger partial charge in [0.25, 0.3) is 0 Å². The highest BCUT2D eigenvalue weighted by atomic mass is 16.5. The van der Waals surface area contributed by atoms with Crippen LogP contribution in [0.4, 0.5) is 0 Å². The van der Waals surface area contributed by atoms with Gasteiger partial charge in [-0.1, -0.05) is 6.92 Å². The van der Waals surface area contributed by atoms with Gasteiger partial charge in [-0.2, -0.15) is 5.10 Å². The molecule has 1 aromatic carbocycles. The van der Waals surface area contributed by atoms with E-state index in [4.69, 9.17) is 4.74 Å². The van der Waals surface area contributed by atoms with E-state index in [0.717, 1.165) is 35.3 Å². The van der Waals surface area contributed by atoms with E-state index < -0.39 is 0 Å². The maximum absolute atomic E-state index is 11.3. The summed E-state index contributed by atoms with van der Waals surface area (Å²) in [6.07, 6.45) is 3.65. The molecule has 106 valence electrons. The number of aromatic nitrogens is 2. The topological polar surface area (TPSA) is 44.1 Å². The van der Waals surface area contributed by atoms with Gasteiger partial charge >= 0.3 is 0 Å². The Hall–Kier alpha value is -2.10. The van der Waals surface area contributed by atoms with Crippen LogP contribution in [0.2, 0.25) is 0 Å². The first kappa shape index (κ1) is 14.3. The van der Waals surface area contributed by atoms with Gasteiger partial charge in [0, 0.05) is 17.8 Å². The number of methoxy groups -OCH3 is 1. The fourth-order valence-electron chi connectivity index (χ4n) is 2.15. The van der Waals surface area contributed by atoms with Gasteiger partial charge in [0.1, 0.15) is 11.4 Å². The molecule has 0 aliphatic carbocycles. The summed E-state index contributed by atoms with van der Waals surface area (Å²) in [5.41, 5.74) is 3.31. The zero-order valence-corrected chi connectivity index (χ0v) is 12.4. The smallest absolute Gasteiger partial charge is 0.153 e. The molecule has 4 nitrogen and oxygen atoms in total. The van der Waals surface area contributed by atoms with Gasteiger partial charge in [-0.15, -0.1) is 0 Å². The van der Waals surface area contributed by atoms with E-state index in [0.29, 0.717) is 5.56 Å². The van der Waals surface area contributed by atoms with Crippen LogP contribution in [0.1, 0.15) is 42.2 Å². The second-order valence-electron chi connectivity index (χ2n) is 4.97. The van der Waals surface area contributed by atoms with Gasteiger partial charge in [0.05, 0.1) is 12.7 Å². The maximum Gasteiger partial charge on any atom is 0.153 e. The van der Waals surface area contributed by atoms with E-state index in [1.54, 1.807) is 7.11 Å². The zero-order chi connectivity index (χ0) is 14.7. The third-order valence-electron chi connectivity index (χ3n) is 3.60. The van der Waals surface area contributed by atoms with Gasteiger partial charge in [-0.05, 0) is 44.0 Å². The first-order valence-corrected chi connectivity index (χ1v) is 6.80. The van der Waals surface area contributed by atoms with Crippen molar-refractivity contribution in [3.8, 4) is 17.0 Å². The van der Waals surface area contributed by atoms with Gasteiger partial charge in [-0.25, -0.2) is 0 Å². The molecule has 0 N–H and O–H groups in total. The summed E-state index contributed by atoms with van der Waals surface area (Å²) in [6.45, 7) is 6.17. The Bertz CT molecular complexity index is 617. The van der Waals surface area contributed by atoms with E-state index in [9.17, 15) is 4.79 Å². The average molecular weight is 272 g/mol. The summed E-state index contributed by atoms with van der Waals surface area (Å²) in [4.78, 5) is 11.3. The molecule has 0 aliphatic heterocycles. The fourth-order valence-corrected chi connectivity index (χ4v) is 2.15. The number of aldehydes is 1. The lowest BCUT2D eigenvalue weighted by Gasteiger charge is -2.08. The molecule has 1 unspecified atom stereocenters. The van der Waals surface area contributed by atoms with E-state index in [1.807, 2.05) is 36.0 Å². The Morgan fingerprint density at radius 2 is 2.20 bits per heavy atom. The van der Waals surface area contributed by atoms with Crippen molar-refractivity contribution in [2.45, 2.75) is 33.2 Å². The summed E-state index contributed by atoms with van der Waals surface area (Å²) in [5.74, 6) is 0.836. The molecule has 4 heteroatoms. The highest BCUT2D eigenvalue weighted by Crippen LogP contribution is 2.27. The molecule has 1 heterocycles. The predicted octanol–water partition coefficient (Wildman–Crippen LogP) is 3.65. The Morgan fingerprint density at radius 1 is 1.45 bits per heavy atom. The Balaban J connectivity index is 2.48. The van der Waals surface area contributed by atoms with Gasteiger partial charge < -0.3 is 4.74 Å². The zero-order valence-electron chi connectivity index (χ0n) is 12.4. The second kappa shape index (κ2) is 5.90. The standard InChI is InChI=1S/C16H20N2O2/c1-5-12(3)18-9-14(10-19)16(17-18)13-6-7-15(20-4)11(2)8-13/h6-10,12H,5H2,1-4H3. The molecule has 0 fully saturated rings. The number of hydrogen-bond donors (Lipinski definition) is 0. The molecule has 0 spiro atoms. The van der Waals surface area contributed by atoms with E-state index in [-0.39, 0.29) is 6.04 Å². The highest BCUT2D eigenvalue weighted by Gasteiger charge is 2.14. The summed E-state index contributed by atoms with van der Waals surface area (Å²) in [6, 6.07) is 6.11. The third kappa shape index (κ3) is 2.59. The van der Waals surface area contributed by atoms with Crippen LogP contribution in [0.15, 0.2) is 24.4 Å². The molecule has 0 amide bonds. The first-order valence-electron chi connectivity index (χ1n) is 6.80. The lowest BCUT2D eigenvalue weighted by molar-refractivity contribution is 0.112. The van der Waals surface area contributed by atoms with Crippen molar-refractivity contribution < 1.29 is 9.53 Å². The van der Waals surface area contributed by atoms with E-state index in [2.05, 4.69) is 18.9 Å². The summed E-state index contributed by atoms with van der Waals surface area (Å²) in [5, 5.41) is 4.56. The number of rotatable bonds is 5. The molecule has 1 aromatic heterocycles. The number of carbonyl (C=O) groups excluding carboxylic acids is 1. The molecule has 2 rings (SSSR count). The van der Waals surface area contributed by atoms with Crippen LogP contribution in [-0.2, 0) is 0 Å². The van der Waals surface area contributed by atoms with Crippen LogP contribution in [0.5, 0.6) is 5.75 Å². The highest BCUT2D eigenvalue weighted by molar-refractivity contribution is 5.85. The van der Waals surface area contributed by atoms with Gasteiger partial charge in [-0.3, -0.25) is 9.48 Å². The Kier molecular flexibility index (Phi) is 4.23. The minimum atomic E-state index is 0.279. The van der Waals surface area contributed by atoms with Crippen LogP contribution in [-0.4, -0.2) is 23.2 Å². The molecule has 0 aliphatic rings. The normalized spacial score (nSPS) is 12.2. The van der Waals surface area contributed by atoms with Crippen LogP contribution in [0, 0.1) is 6.92 Å². The van der Waals surface area contributed by atoms with Gasteiger partial charge in [0.15, 0.2) is 6.29 Å². The Labute approximate surface area is 119 Å². The third-order valence-corrected chi connectivity index (χ3v) is 3.60. The van der Waals surface area contributed by atoms with Crippen molar-refractivity contribution in [2.75, 3.05) is 7.11 Å². The number of nitrogens with zero attached hydrogens (tertiary/aromatic N) is 2. The van der Waals surface area contributed by atoms with Crippen LogP contribution in [0.25, 0.3) is 11.3 Å². The lowest BCUT2D eigenvalue weighted by Crippen LogP contribution is -2.04. The molecule has 20 heavy (non-hydrogen) atoms. The number of hydrogen-bond acceptors (Lipinski definition) is 3. The van der Waals surface area contributed by atoms with Crippen molar-refractivity contribution in [2.24, 2.45) is 0 Å². The minimum absolute atomic E-state index is 0.279. The molecule has 0 bridgehead atoms. The monoisotopic (exact) mass is 272 g/mol. The van der Waals surface area contributed by atoms with Crippen LogP contribution < -0.4 is 4.74 Å². The second-order valence-corrected chi connectivity index (χ2v) is 4.97. The minimum Gasteiger partial charge on any atom is -0.496 e. The summed E-state index contributed by atoms with van der Waals surface area (Å²) < 4.78 is 7.12. The lowest BCUT2D eigenvalue weighted by atomic mass is 10.1. The quantitative estimate of drug-likeness (QED) is 0.780. The van der Waals surface area contributed by atoms with Crippen molar-refractivity contribution >= 4 is 6.29 Å². The van der Waals surface area contributed by atoms with Crippen molar-refractivity contribution in [1.82, 2.24) is 9.78 Å². The molecular weight excluding hydrogens is 252 g/mol.